The van der Waals surface area contributed by atoms with Crippen LogP contribution in [0.1, 0.15) is 19.8 Å². The van der Waals surface area contributed by atoms with Gasteiger partial charge in [0.15, 0.2) is 0 Å². The van der Waals surface area contributed by atoms with E-state index in [9.17, 15) is 8.78 Å². The van der Waals surface area contributed by atoms with Crippen LogP contribution in [0, 0.1) is 0 Å². The van der Waals surface area contributed by atoms with Gasteiger partial charge in [-0.1, -0.05) is 6.92 Å². The third-order valence-corrected chi connectivity index (χ3v) is 0.966. The van der Waals surface area contributed by atoms with Crippen LogP contribution in [0.2, 0.25) is 0 Å². The molecule has 1 nitrogen and oxygen atoms in total. The van der Waals surface area contributed by atoms with Gasteiger partial charge in [-0.3, -0.25) is 0 Å². The zero-order valence-electron chi connectivity index (χ0n) is 6.07. The Hall–Kier alpha value is 0.110. The normalized spacial score (nSPS) is 9.60. The summed E-state index contributed by atoms with van der Waals surface area (Å²) < 4.78 is 22.8. The lowest BCUT2D eigenvalue weighted by Gasteiger charge is -1.99. The van der Waals surface area contributed by atoms with Crippen molar-refractivity contribution in [3.8, 4) is 0 Å². The van der Waals surface area contributed by atoms with Gasteiger partial charge in [0.05, 0.1) is 0 Å². The molecule has 0 unspecified atom stereocenters. The van der Waals surface area contributed by atoms with Gasteiger partial charge in [0.25, 0.3) is 0 Å². The highest BCUT2D eigenvalue weighted by atomic mass is 35.5. The summed E-state index contributed by atoms with van der Waals surface area (Å²) >= 11 is 0. The van der Waals surface area contributed by atoms with Crippen molar-refractivity contribution in [2.24, 2.45) is 0 Å². The average Bonchev–Trinajstić information content (AvgIpc) is 1.80. The van der Waals surface area contributed by atoms with E-state index in [2.05, 4.69) is 5.32 Å². The minimum atomic E-state index is -2.16. The van der Waals surface area contributed by atoms with Gasteiger partial charge in [0.2, 0.25) is 6.43 Å². The molecule has 10 heavy (non-hydrogen) atoms. The summed E-state index contributed by atoms with van der Waals surface area (Å²) in [5.41, 5.74) is 0. The maximum Gasteiger partial charge on any atom is 0.239 e. The van der Waals surface area contributed by atoms with Crippen molar-refractivity contribution in [3.05, 3.63) is 0 Å². The van der Waals surface area contributed by atoms with Gasteiger partial charge in [0, 0.05) is 13.0 Å². The largest absolute Gasteiger partial charge is 0.317 e. The van der Waals surface area contributed by atoms with Gasteiger partial charge in [-0.2, -0.15) is 0 Å². The van der Waals surface area contributed by atoms with E-state index in [1.54, 1.807) is 0 Å². The molecular formula is C6H14ClF2N. The molecule has 0 spiro atoms. The first kappa shape index (κ1) is 12.8. The molecule has 0 rings (SSSR count). The lowest BCUT2D eigenvalue weighted by molar-refractivity contribution is 0.137. The van der Waals surface area contributed by atoms with E-state index in [0.717, 1.165) is 13.0 Å². The molecule has 0 amide bonds. The monoisotopic (exact) mass is 173 g/mol. The summed E-state index contributed by atoms with van der Waals surface area (Å²) in [6.45, 7) is 3.29. The fraction of sp³-hybridized carbons (Fsp3) is 1.00. The Morgan fingerprint density at radius 1 is 1.30 bits per heavy atom. The molecular weight excluding hydrogens is 160 g/mol. The maximum absolute atomic E-state index is 11.4. The van der Waals surface area contributed by atoms with Crippen LogP contribution in [0.5, 0.6) is 0 Å². The SMILES string of the molecule is CCCNCCC(F)F.Cl. The van der Waals surface area contributed by atoms with Crippen LogP contribution in [0.15, 0.2) is 0 Å². The minimum absolute atomic E-state index is 0. The summed E-state index contributed by atoms with van der Waals surface area (Å²) in [4.78, 5) is 0. The second kappa shape index (κ2) is 9.11. The van der Waals surface area contributed by atoms with E-state index in [1.165, 1.54) is 0 Å². The molecule has 0 saturated heterocycles. The number of hydrogen-bond donors (Lipinski definition) is 1. The molecule has 0 radical (unpaired) electrons. The highest BCUT2D eigenvalue weighted by molar-refractivity contribution is 5.85. The zero-order valence-corrected chi connectivity index (χ0v) is 6.89. The summed E-state index contributed by atoms with van der Waals surface area (Å²) in [7, 11) is 0. The number of rotatable bonds is 5. The molecule has 0 atom stereocenters. The van der Waals surface area contributed by atoms with Crippen LogP contribution in [0.3, 0.4) is 0 Å². The fourth-order valence-corrected chi connectivity index (χ4v) is 0.513. The average molecular weight is 174 g/mol. The number of hydrogen-bond acceptors (Lipinski definition) is 1. The Bertz CT molecular complexity index is 61.7. The molecule has 1 N–H and O–H groups in total. The van der Waals surface area contributed by atoms with Crippen molar-refractivity contribution >= 4 is 12.4 Å². The van der Waals surface area contributed by atoms with Crippen LogP contribution in [-0.4, -0.2) is 19.5 Å². The summed E-state index contributed by atoms with van der Waals surface area (Å²) in [6, 6.07) is 0. The number of nitrogens with one attached hydrogen (secondary N) is 1. The van der Waals surface area contributed by atoms with Gasteiger partial charge in [0.1, 0.15) is 0 Å². The summed E-state index contributed by atoms with van der Waals surface area (Å²) in [5.74, 6) is 0. The third kappa shape index (κ3) is 11.0. The first-order valence-corrected chi connectivity index (χ1v) is 3.26. The van der Waals surface area contributed by atoms with Crippen molar-refractivity contribution in [1.82, 2.24) is 5.32 Å². The van der Waals surface area contributed by atoms with Crippen LogP contribution in [-0.2, 0) is 0 Å². The van der Waals surface area contributed by atoms with E-state index in [0.29, 0.717) is 6.54 Å². The number of halogens is 3. The summed E-state index contributed by atoms with van der Waals surface area (Å²) in [6.07, 6.45) is -1.18. The smallest absolute Gasteiger partial charge is 0.239 e. The second-order valence-electron chi connectivity index (χ2n) is 1.93. The van der Waals surface area contributed by atoms with Crippen molar-refractivity contribution in [3.63, 3.8) is 0 Å². The van der Waals surface area contributed by atoms with Crippen molar-refractivity contribution in [1.29, 1.82) is 0 Å². The minimum Gasteiger partial charge on any atom is -0.317 e. The van der Waals surface area contributed by atoms with Crippen molar-refractivity contribution < 1.29 is 8.78 Å². The highest BCUT2D eigenvalue weighted by Crippen LogP contribution is 1.95. The first-order chi connectivity index (χ1) is 4.27. The van der Waals surface area contributed by atoms with Crippen LogP contribution in [0.4, 0.5) is 8.78 Å². The predicted octanol–water partition coefficient (Wildman–Crippen LogP) is 2.06. The zero-order chi connectivity index (χ0) is 7.11. The van der Waals surface area contributed by atoms with E-state index < -0.39 is 6.43 Å². The molecule has 0 aliphatic carbocycles. The Balaban J connectivity index is 0. The molecule has 0 aliphatic rings. The van der Waals surface area contributed by atoms with Crippen LogP contribution in [0.25, 0.3) is 0 Å². The summed E-state index contributed by atoms with van der Waals surface area (Å²) in [5, 5.41) is 2.89. The van der Waals surface area contributed by atoms with Crippen molar-refractivity contribution in [2.45, 2.75) is 26.2 Å². The van der Waals surface area contributed by atoms with Gasteiger partial charge >= 0.3 is 0 Å². The fourth-order valence-electron chi connectivity index (χ4n) is 0.513. The van der Waals surface area contributed by atoms with E-state index in [1.807, 2.05) is 6.92 Å². The van der Waals surface area contributed by atoms with Gasteiger partial charge in [-0.05, 0) is 13.0 Å². The number of alkyl halides is 2. The highest BCUT2D eigenvalue weighted by Gasteiger charge is 1.98. The molecule has 0 aliphatic heterocycles. The third-order valence-electron chi connectivity index (χ3n) is 0.966. The van der Waals surface area contributed by atoms with Gasteiger partial charge < -0.3 is 5.32 Å². The quantitative estimate of drug-likeness (QED) is 0.628. The predicted molar refractivity (Wildman–Crippen MR) is 41.0 cm³/mol. The molecule has 0 aromatic carbocycles. The molecule has 0 bridgehead atoms. The molecule has 0 aromatic heterocycles. The molecule has 64 valence electrons. The standard InChI is InChI=1S/C6H13F2N.ClH/c1-2-4-9-5-3-6(7)8;/h6,9H,2-5H2,1H3;1H. The van der Waals surface area contributed by atoms with Gasteiger partial charge in [-0.15, -0.1) is 12.4 Å². The lowest BCUT2D eigenvalue weighted by atomic mass is 10.4. The Morgan fingerprint density at radius 2 is 1.90 bits per heavy atom. The van der Waals surface area contributed by atoms with E-state index >= 15 is 0 Å². The molecule has 0 saturated carbocycles. The van der Waals surface area contributed by atoms with Crippen molar-refractivity contribution in [2.75, 3.05) is 13.1 Å². The second-order valence-corrected chi connectivity index (χ2v) is 1.93. The molecule has 0 aromatic rings. The molecule has 0 fully saturated rings. The van der Waals surface area contributed by atoms with Crippen LogP contribution < -0.4 is 5.32 Å². The lowest BCUT2D eigenvalue weighted by Crippen LogP contribution is -2.17. The topological polar surface area (TPSA) is 12.0 Å². The van der Waals surface area contributed by atoms with E-state index in [4.69, 9.17) is 0 Å². The molecule has 4 heteroatoms. The Morgan fingerprint density at radius 3 is 2.30 bits per heavy atom. The molecule has 0 heterocycles. The maximum atomic E-state index is 11.4. The first-order valence-electron chi connectivity index (χ1n) is 3.26. The van der Waals surface area contributed by atoms with Gasteiger partial charge in [-0.25, -0.2) is 8.78 Å². The van der Waals surface area contributed by atoms with Crippen LogP contribution >= 0.6 is 12.4 Å². The Labute approximate surface area is 66.6 Å². The van der Waals surface area contributed by atoms with E-state index in [-0.39, 0.29) is 18.8 Å². The Kier molecular flexibility index (Phi) is 11.6.